The van der Waals surface area contributed by atoms with Gasteiger partial charge < -0.3 is 23.7 Å². The number of hydrogen-bond donors (Lipinski definition) is 1. The van der Waals surface area contributed by atoms with Gasteiger partial charge in [-0.15, -0.1) is 0 Å². The first-order chi connectivity index (χ1) is 12.7. The molecule has 0 saturated heterocycles. The summed E-state index contributed by atoms with van der Waals surface area (Å²) < 4.78 is 21.3. The molecule has 1 aromatic carbocycles. The molecular weight excluding hydrogens is 336 g/mol. The minimum absolute atomic E-state index is 0.0468. The molecule has 1 amide bonds. The van der Waals surface area contributed by atoms with E-state index >= 15 is 0 Å². The molecule has 2 aliphatic rings. The molecule has 3 aromatic rings. The zero-order valence-electron chi connectivity index (χ0n) is 13.9. The summed E-state index contributed by atoms with van der Waals surface area (Å²) >= 11 is 0. The van der Waals surface area contributed by atoms with Gasteiger partial charge in [0, 0.05) is 12.6 Å². The molecule has 7 nitrogen and oxygen atoms in total. The number of fused-ring (bicyclic) bond motifs is 1. The molecule has 0 atom stereocenters. The fourth-order valence-corrected chi connectivity index (χ4v) is 3.16. The van der Waals surface area contributed by atoms with E-state index in [0.717, 1.165) is 24.2 Å². The van der Waals surface area contributed by atoms with Crippen LogP contribution in [0.25, 0.3) is 11.5 Å². The minimum atomic E-state index is -0.606. The molecule has 1 saturated carbocycles. The largest absolute Gasteiger partial charge is 0.461 e. The Kier molecular flexibility index (Phi) is 3.28. The number of benzene rings is 1. The maximum atomic E-state index is 12.8. The third-order valence-electron chi connectivity index (χ3n) is 4.84. The highest BCUT2D eigenvalue weighted by atomic mass is 16.7. The number of nitrogens with zero attached hydrogens (tertiary/aromatic N) is 1. The summed E-state index contributed by atoms with van der Waals surface area (Å²) in [6.07, 6.45) is 3.08. The highest BCUT2D eigenvalue weighted by Crippen LogP contribution is 2.48. The molecule has 132 valence electrons. The molecule has 26 heavy (non-hydrogen) atoms. The number of aromatic nitrogens is 1. The number of hydrogen-bond acceptors (Lipinski definition) is 6. The Balaban J connectivity index is 1.29. The minimum Gasteiger partial charge on any atom is -0.461 e. The predicted octanol–water partition coefficient (Wildman–Crippen LogP) is 3.01. The van der Waals surface area contributed by atoms with E-state index in [9.17, 15) is 4.79 Å². The number of furan rings is 1. The van der Waals surface area contributed by atoms with E-state index in [4.69, 9.17) is 18.4 Å². The van der Waals surface area contributed by atoms with E-state index in [1.807, 2.05) is 18.2 Å². The van der Waals surface area contributed by atoms with E-state index in [2.05, 4.69) is 10.5 Å². The van der Waals surface area contributed by atoms with Crippen molar-refractivity contribution in [2.24, 2.45) is 0 Å². The zero-order valence-corrected chi connectivity index (χ0v) is 13.9. The number of carbonyl (C=O) groups excluding carboxylic acids is 1. The van der Waals surface area contributed by atoms with Crippen molar-refractivity contribution in [2.75, 3.05) is 6.79 Å². The highest BCUT2D eigenvalue weighted by Gasteiger charge is 2.53. The first-order valence-electron chi connectivity index (χ1n) is 8.42. The molecule has 2 aromatic heterocycles. The van der Waals surface area contributed by atoms with Crippen molar-refractivity contribution in [3.05, 3.63) is 53.9 Å². The lowest BCUT2D eigenvalue weighted by molar-refractivity contribution is -0.123. The Morgan fingerprint density at radius 3 is 2.81 bits per heavy atom. The van der Waals surface area contributed by atoms with Gasteiger partial charge in [0.25, 0.3) is 0 Å². The maximum Gasteiger partial charge on any atom is 0.232 e. The summed E-state index contributed by atoms with van der Waals surface area (Å²) in [5.41, 5.74) is 0.993. The van der Waals surface area contributed by atoms with Gasteiger partial charge in [0.2, 0.25) is 18.5 Å². The third kappa shape index (κ3) is 2.44. The third-order valence-corrected chi connectivity index (χ3v) is 4.84. The standard InChI is InChI=1S/C19H16N2O5/c22-18(20-10-12-3-4-14-15(8-12)25-11-24-14)19(5-6-19)17-9-16(26-21-17)13-2-1-7-23-13/h1-4,7-9H,5-6,10-11H2,(H,20,22). The molecule has 5 rings (SSSR count). The van der Waals surface area contributed by atoms with Crippen LogP contribution in [0.15, 0.2) is 51.6 Å². The fraction of sp³-hybridized carbons (Fsp3) is 0.263. The number of carbonyl (C=O) groups is 1. The summed E-state index contributed by atoms with van der Waals surface area (Å²) in [6.45, 7) is 0.651. The summed E-state index contributed by atoms with van der Waals surface area (Å²) in [7, 11) is 0. The van der Waals surface area contributed by atoms with Gasteiger partial charge >= 0.3 is 0 Å². The van der Waals surface area contributed by atoms with E-state index in [1.165, 1.54) is 0 Å². The summed E-state index contributed by atoms with van der Waals surface area (Å²) in [4.78, 5) is 12.8. The Hall–Kier alpha value is -3.22. The van der Waals surface area contributed by atoms with Crippen LogP contribution in [0, 0.1) is 0 Å². The van der Waals surface area contributed by atoms with Crippen molar-refractivity contribution in [3.8, 4) is 23.0 Å². The molecule has 1 fully saturated rings. The summed E-state index contributed by atoms with van der Waals surface area (Å²) in [5, 5.41) is 7.09. The van der Waals surface area contributed by atoms with Crippen LogP contribution in [0.4, 0.5) is 0 Å². The first-order valence-corrected chi connectivity index (χ1v) is 8.42. The van der Waals surface area contributed by atoms with Crippen molar-refractivity contribution >= 4 is 5.91 Å². The second kappa shape index (κ2) is 5.66. The van der Waals surface area contributed by atoms with Gasteiger partial charge in [0.15, 0.2) is 17.3 Å². The van der Waals surface area contributed by atoms with Gasteiger partial charge in [-0.05, 0) is 42.7 Å². The Bertz CT molecular complexity index is 956. The number of ether oxygens (including phenoxy) is 2. The molecular formula is C19H16N2O5. The maximum absolute atomic E-state index is 12.8. The van der Waals surface area contributed by atoms with Crippen LogP contribution in [0.2, 0.25) is 0 Å². The average Bonchev–Trinajstić information content (AvgIpc) is 3.10. The molecule has 7 heteroatoms. The van der Waals surface area contributed by atoms with Crippen LogP contribution in [0.5, 0.6) is 11.5 Å². The van der Waals surface area contributed by atoms with Crippen LogP contribution in [-0.2, 0) is 16.8 Å². The highest BCUT2D eigenvalue weighted by molar-refractivity contribution is 5.90. The van der Waals surface area contributed by atoms with Crippen LogP contribution >= 0.6 is 0 Å². The Labute approximate surface area is 148 Å². The van der Waals surface area contributed by atoms with Gasteiger partial charge in [-0.2, -0.15) is 0 Å². The molecule has 1 aliphatic heterocycles. The molecule has 0 spiro atoms. The molecule has 1 N–H and O–H groups in total. The van der Waals surface area contributed by atoms with Crippen molar-refractivity contribution in [3.63, 3.8) is 0 Å². The van der Waals surface area contributed by atoms with E-state index in [-0.39, 0.29) is 12.7 Å². The van der Waals surface area contributed by atoms with E-state index in [0.29, 0.717) is 29.5 Å². The molecule has 0 bridgehead atoms. The van der Waals surface area contributed by atoms with Crippen molar-refractivity contribution < 1.29 is 23.2 Å². The number of amides is 1. The van der Waals surface area contributed by atoms with Crippen molar-refractivity contribution in [2.45, 2.75) is 24.8 Å². The molecule has 0 radical (unpaired) electrons. The molecule has 0 unspecified atom stereocenters. The SMILES string of the molecule is O=C(NCc1ccc2c(c1)OCO2)C1(c2cc(-c3ccco3)on2)CC1. The quantitative estimate of drug-likeness (QED) is 0.759. The first kappa shape index (κ1) is 15.1. The monoisotopic (exact) mass is 352 g/mol. The van der Waals surface area contributed by atoms with Crippen LogP contribution < -0.4 is 14.8 Å². The Morgan fingerprint density at radius 1 is 1.12 bits per heavy atom. The fourth-order valence-electron chi connectivity index (χ4n) is 3.16. The van der Waals surface area contributed by atoms with Gasteiger partial charge in [-0.1, -0.05) is 11.2 Å². The van der Waals surface area contributed by atoms with E-state index < -0.39 is 5.41 Å². The van der Waals surface area contributed by atoms with Gasteiger partial charge in [-0.3, -0.25) is 4.79 Å². The summed E-state index contributed by atoms with van der Waals surface area (Å²) in [5.74, 6) is 2.51. The lowest BCUT2D eigenvalue weighted by atomic mass is 10.0. The van der Waals surface area contributed by atoms with Crippen LogP contribution in [0.1, 0.15) is 24.1 Å². The average molecular weight is 352 g/mol. The normalized spacial score (nSPS) is 16.5. The van der Waals surface area contributed by atoms with Crippen molar-refractivity contribution in [1.29, 1.82) is 0 Å². The lowest BCUT2D eigenvalue weighted by Crippen LogP contribution is -2.34. The van der Waals surface area contributed by atoms with Crippen molar-refractivity contribution in [1.82, 2.24) is 10.5 Å². The number of rotatable bonds is 5. The predicted molar refractivity (Wildman–Crippen MR) is 89.5 cm³/mol. The second-order valence-electron chi connectivity index (χ2n) is 6.51. The second-order valence-corrected chi connectivity index (χ2v) is 6.51. The van der Waals surface area contributed by atoms with Crippen LogP contribution in [0.3, 0.4) is 0 Å². The Morgan fingerprint density at radius 2 is 2.00 bits per heavy atom. The van der Waals surface area contributed by atoms with E-state index in [1.54, 1.807) is 24.5 Å². The molecule has 1 aliphatic carbocycles. The summed E-state index contributed by atoms with van der Waals surface area (Å²) in [6, 6.07) is 11.0. The molecule has 3 heterocycles. The van der Waals surface area contributed by atoms with Gasteiger partial charge in [0.1, 0.15) is 0 Å². The van der Waals surface area contributed by atoms with Gasteiger partial charge in [-0.25, -0.2) is 0 Å². The van der Waals surface area contributed by atoms with Crippen LogP contribution in [-0.4, -0.2) is 17.9 Å². The smallest absolute Gasteiger partial charge is 0.232 e. The van der Waals surface area contributed by atoms with Gasteiger partial charge in [0.05, 0.1) is 17.4 Å². The number of nitrogens with one attached hydrogen (secondary N) is 1. The lowest BCUT2D eigenvalue weighted by Gasteiger charge is -2.12. The topological polar surface area (TPSA) is 86.7 Å². The zero-order chi connectivity index (χ0) is 17.6.